The van der Waals surface area contributed by atoms with Crippen molar-refractivity contribution in [3.8, 4) is 5.75 Å². The van der Waals surface area contributed by atoms with Crippen LogP contribution in [0.1, 0.15) is 22.8 Å². The molecule has 3 heteroatoms. The molecular weight excluding hydrogens is 231 g/mol. The Morgan fingerprint density at radius 3 is 2.44 bits per heavy atom. The largest absolute Gasteiger partial charge is 0.497 e. The fourth-order valence-electron chi connectivity index (χ4n) is 1.92. The van der Waals surface area contributed by atoms with Crippen molar-refractivity contribution in [2.75, 3.05) is 7.11 Å². The van der Waals surface area contributed by atoms with E-state index in [0.717, 1.165) is 5.56 Å². The van der Waals surface area contributed by atoms with E-state index in [1.165, 1.54) is 13.2 Å². The first kappa shape index (κ1) is 12.6. The molecule has 0 aliphatic carbocycles. The Kier molecular flexibility index (Phi) is 3.63. The summed E-state index contributed by atoms with van der Waals surface area (Å²) < 4.78 is 18.8. The molecule has 2 nitrogen and oxygen atoms in total. The van der Waals surface area contributed by atoms with Crippen LogP contribution < -0.4 is 4.74 Å². The Morgan fingerprint density at radius 1 is 1.11 bits per heavy atom. The SMILES string of the molecule is COc1ccc(C(O)c2ccccc2C)c(F)c1. The molecule has 0 saturated heterocycles. The molecule has 0 heterocycles. The predicted octanol–water partition coefficient (Wildman–Crippen LogP) is 3.22. The highest BCUT2D eigenvalue weighted by Crippen LogP contribution is 2.28. The first-order valence-electron chi connectivity index (χ1n) is 5.70. The summed E-state index contributed by atoms with van der Waals surface area (Å²) in [6.45, 7) is 1.89. The molecule has 0 aromatic heterocycles. The molecule has 0 radical (unpaired) electrons. The van der Waals surface area contributed by atoms with Gasteiger partial charge in [-0.2, -0.15) is 0 Å². The molecule has 1 atom stereocenters. The Hall–Kier alpha value is -1.87. The van der Waals surface area contributed by atoms with E-state index < -0.39 is 11.9 Å². The van der Waals surface area contributed by atoms with Gasteiger partial charge in [-0.15, -0.1) is 0 Å². The lowest BCUT2D eigenvalue weighted by molar-refractivity contribution is 0.214. The molecule has 0 amide bonds. The van der Waals surface area contributed by atoms with Gasteiger partial charge < -0.3 is 9.84 Å². The van der Waals surface area contributed by atoms with Gasteiger partial charge in [0.2, 0.25) is 0 Å². The minimum absolute atomic E-state index is 0.255. The van der Waals surface area contributed by atoms with Gasteiger partial charge in [-0.1, -0.05) is 24.3 Å². The average molecular weight is 246 g/mol. The minimum atomic E-state index is -0.961. The third kappa shape index (κ3) is 2.36. The van der Waals surface area contributed by atoms with Gasteiger partial charge in [0.1, 0.15) is 17.7 Å². The van der Waals surface area contributed by atoms with Crippen molar-refractivity contribution in [2.45, 2.75) is 13.0 Å². The second-order valence-electron chi connectivity index (χ2n) is 4.15. The summed E-state index contributed by atoms with van der Waals surface area (Å²) in [6.07, 6.45) is -0.961. The Morgan fingerprint density at radius 2 is 1.83 bits per heavy atom. The fourth-order valence-corrected chi connectivity index (χ4v) is 1.92. The van der Waals surface area contributed by atoms with E-state index in [9.17, 15) is 9.50 Å². The minimum Gasteiger partial charge on any atom is -0.497 e. The highest BCUT2D eigenvalue weighted by Gasteiger charge is 2.16. The van der Waals surface area contributed by atoms with E-state index in [2.05, 4.69) is 0 Å². The van der Waals surface area contributed by atoms with Gasteiger partial charge in [-0.25, -0.2) is 4.39 Å². The number of benzene rings is 2. The summed E-state index contributed by atoms with van der Waals surface area (Å²) in [5, 5.41) is 10.2. The maximum Gasteiger partial charge on any atom is 0.133 e. The second kappa shape index (κ2) is 5.19. The van der Waals surface area contributed by atoms with E-state index in [4.69, 9.17) is 4.74 Å². The summed E-state index contributed by atoms with van der Waals surface area (Å²) in [5.41, 5.74) is 1.90. The molecule has 0 fully saturated rings. The summed E-state index contributed by atoms with van der Waals surface area (Å²) in [4.78, 5) is 0. The third-order valence-electron chi connectivity index (χ3n) is 2.99. The van der Waals surface area contributed by atoms with Crippen LogP contribution in [0.2, 0.25) is 0 Å². The first-order chi connectivity index (χ1) is 8.63. The molecule has 0 spiro atoms. The van der Waals surface area contributed by atoms with Crippen LogP contribution in [0.5, 0.6) is 5.75 Å². The summed E-state index contributed by atoms with van der Waals surface area (Å²) in [5.74, 6) is -0.0293. The highest BCUT2D eigenvalue weighted by atomic mass is 19.1. The van der Waals surface area contributed by atoms with E-state index in [1.54, 1.807) is 18.2 Å². The average Bonchev–Trinajstić information content (AvgIpc) is 2.38. The summed E-state index contributed by atoms with van der Waals surface area (Å²) in [6, 6.07) is 11.9. The van der Waals surface area contributed by atoms with Gasteiger partial charge in [0, 0.05) is 11.6 Å². The van der Waals surface area contributed by atoms with Gasteiger partial charge >= 0.3 is 0 Å². The smallest absolute Gasteiger partial charge is 0.133 e. The fraction of sp³-hybridized carbons (Fsp3) is 0.200. The zero-order chi connectivity index (χ0) is 13.1. The first-order valence-corrected chi connectivity index (χ1v) is 5.70. The van der Waals surface area contributed by atoms with Crippen LogP contribution in [-0.4, -0.2) is 12.2 Å². The van der Waals surface area contributed by atoms with Gasteiger partial charge in [-0.05, 0) is 30.2 Å². The van der Waals surface area contributed by atoms with Crippen molar-refractivity contribution >= 4 is 0 Å². The van der Waals surface area contributed by atoms with Crippen molar-refractivity contribution in [1.82, 2.24) is 0 Å². The Labute approximate surface area is 106 Å². The summed E-state index contributed by atoms with van der Waals surface area (Å²) >= 11 is 0. The standard InChI is InChI=1S/C15H15FO2/c1-10-5-3-4-6-12(10)15(17)13-8-7-11(18-2)9-14(13)16/h3-9,15,17H,1-2H3. The number of aryl methyl sites for hydroxylation is 1. The Balaban J connectivity index is 2.40. The number of halogens is 1. The quantitative estimate of drug-likeness (QED) is 0.901. The second-order valence-corrected chi connectivity index (χ2v) is 4.15. The van der Waals surface area contributed by atoms with Crippen molar-refractivity contribution in [3.63, 3.8) is 0 Å². The molecule has 1 unspecified atom stereocenters. The van der Waals surface area contributed by atoms with Crippen LogP contribution in [0.15, 0.2) is 42.5 Å². The van der Waals surface area contributed by atoms with Crippen molar-refractivity contribution in [1.29, 1.82) is 0 Å². The molecule has 0 aliphatic heterocycles. The van der Waals surface area contributed by atoms with E-state index in [-0.39, 0.29) is 5.56 Å². The molecule has 18 heavy (non-hydrogen) atoms. The number of methoxy groups -OCH3 is 1. The Bertz CT molecular complexity index is 552. The molecule has 94 valence electrons. The normalized spacial score (nSPS) is 12.2. The maximum atomic E-state index is 13.9. The molecule has 2 rings (SSSR count). The van der Waals surface area contributed by atoms with E-state index in [1.807, 2.05) is 25.1 Å². The number of aliphatic hydroxyl groups is 1. The van der Waals surface area contributed by atoms with Crippen molar-refractivity contribution in [2.24, 2.45) is 0 Å². The molecule has 0 aliphatic rings. The number of aliphatic hydroxyl groups excluding tert-OH is 1. The lowest BCUT2D eigenvalue weighted by atomic mass is 9.97. The zero-order valence-corrected chi connectivity index (χ0v) is 10.4. The van der Waals surface area contributed by atoms with Crippen LogP contribution in [0, 0.1) is 12.7 Å². The molecular formula is C15H15FO2. The number of rotatable bonds is 3. The van der Waals surface area contributed by atoms with Gasteiger partial charge in [-0.3, -0.25) is 0 Å². The van der Waals surface area contributed by atoms with Gasteiger partial charge in [0.25, 0.3) is 0 Å². The lowest BCUT2D eigenvalue weighted by Crippen LogP contribution is -2.04. The van der Waals surface area contributed by atoms with Gasteiger partial charge in [0.15, 0.2) is 0 Å². The van der Waals surface area contributed by atoms with Crippen LogP contribution in [0.25, 0.3) is 0 Å². The molecule has 0 saturated carbocycles. The predicted molar refractivity (Wildman–Crippen MR) is 68.2 cm³/mol. The zero-order valence-electron chi connectivity index (χ0n) is 10.4. The molecule has 2 aromatic carbocycles. The molecule has 1 N–H and O–H groups in total. The highest BCUT2D eigenvalue weighted by molar-refractivity contribution is 5.38. The van der Waals surface area contributed by atoms with Crippen molar-refractivity contribution in [3.05, 3.63) is 65.0 Å². The number of ether oxygens (including phenoxy) is 1. The third-order valence-corrected chi connectivity index (χ3v) is 2.99. The maximum absolute atomic E-state index is 13.9. The van der Waals surface area contributed by atoms with Gasteiger partial charge in [0.05, 0.1) is 7.11 Å². The van der Waals surface area contributed by atoms with E-state index in [0.29, 0.717) is 11.3 Å². The summed E-state index contributed by atoms with van der Waals surface area (Å²) in [7, 11) is 1.48. The van der Waals surface area contributed by atoms with Crippen LogP contribution >= 0.6 is 0 Å². The topological polar surface area (TPSA) is 29.5 Å². The lowest BCUT2D eigenvalue weighted by Gasteiger charge is -2.15. The van der Waals surface area contributed by atoms with Crippen LogP contribution in [0.3, 0.4) is 0 Å². The monoisotopic (exact) mass is 246 g/mol. The van der Waals surface area contributed by atoms with Crippen LogP contribution in [-0.2, 0) is 0 Å². The number of hydrogen-bond acceptors (Lipinski definition) is 2. The number of hydrogen-bond donors (Lipinski definition) is 1. The molecule has 2 aromatic rings. The van der Waals surface area contributed by atoms with E-state index >= 15 is 0 Å². The molecule has 0 bridgehead atoms. The van der Waals surface area contributed by atoms with Crippen molar-refractivity contribution < 1.29 is 14.2 Å². The van der Waals surface area contributed by atoms with Crippen LogP contribution in [0.4, 0.5) is 4.39 Å².